The van der Waals surface area contributed by atoms with E-state index in [1.807, 2.05) is 30.3 Å². The molecule has 3 aromatic carbocycles. The Morgan fingerprint density at radius 2 is 1.31 bits per heavy atom. The number of pyridine rings is 1. The molecule has 0 N–H and O–H groups in total. The van der Waals surface area contributed by atoms with Crippen LogP contribution in [0.2, 0.25) is 5.02 Å². The molecule has 162 valence electrons. The van der Waals surface area contributed by atoms with Gasteiger partial charge in [0, 0.05) is 34.7 Å². The van der Waals surface area contributed by atoms with Crippen LogP contribution in [0, 0.1) is 0 Å². The zero-order chi connectivity index (χ0) is 21.5. The Morgan fingerprint density at radius 3 is 1.94 bits per heavy atom. The van der Waals surface area contributed by atoms with Gasteiger partial charge in [0.25, 0.3) is 0 Å². The zero-order valence-electron chi connectivity index (χ0n) is 17.5. The summed E-state index contributed by atoms with van der Waals surface area (Å²) < 4.78 is 7.99. The SMILES string of the molecule is O=C(c1ccc(Cl)cc1)c1ccc(OCCC[n+]2ccc(-c3ccccc3)cc2)cc1.[Br-]. The lowest BCUT2D eigenvalue weighted by Crippen LogP contribution is -3.00. The van der Waals surface area contributed by atoms with Gasteiger partial charge in [0.15, 0.2) is 24.7 Å². The number of ketones is 1. The third-order valence-corrected chi connectivity index (χ3v) is 5.30. The Hall–Kier alpha value is -2.95. The standard InChI is InChI=1S/C27H23ClNO2.BrH/c28-25-11-7-23(8-12-25)27(30)24-9-13-26(14-10-24)31-20-4-17-29-18-15-22(16-19-29)21-5-2-1-3-6-21;/h1-3,5-16,18-19H,4,17,20H2;1H/q+1;/p-1. The van der Waals surface area contributed by atoms with E-state index in [2.05, 4.69) is 41.2 Å². The van der Waals surface area contributed by atoms with E-state index in [9.17, 15) is 4.79 Å². The van der Waals surface area contributed by atoms with Crippen molar-refractivity contribution in [2.24, 2.45) is 0 Å². The molecule has 0 aliphatic heterocycles. The molecule has 32 heavy (non-hydrogen) atoms. The van der Waals surface area contributed by atoms with Crippen molar-refractivity contribution in [2.75, 3.05) is 6.61 Å². The second-order valence-corrected chi connectivity index (χ2v) is 7.69. The highest BCUT2D eigenvalue weighted by atomic mass is 79.9. The predicted octanol–water partition coefficient (Wildman–Crippen LogP) is 3.00. The maximum absolute atomic E-state index is 12.5. The highest BCUT2D eigenvalue weighted by Gasteiger charge is 2.09. The number of aryl methyl sites for hydroxylation is 1. The zero-order valence-corrected chi connectivity index (χ0v) is 19.8. The fourth-order valence-corrected chi connectivity index (χ4v) is 3.46. The van der Waals surface area contributed by atoms with Gasteiger partial charge in [-0.05, 0) is 59.7 Å². The summed E-state index contributed by atoms with van der Waals surface area (Å²) >= 11 is 5.89. The van der Waals surface area contributed by atoms with Crippen molar-refractivity contribution in [3.63, 3.8) is 0 Å². The van der Waals surface area contributed by atoms with Crippen LogP contribution in [-0.2, 0) is 6.54 Å². The minimum atomic E-state index is -0.0291. The lowest BCUT2D eigenvalue weighted by Gasteiger charge is -2.07. The number of halogens is 2. The van der Waals surface area contributed by atoms with Crippen LogP contribution in [0.25, 0.3) is 11.1 Å². The maximum atomic E-state index is 12.5. The molecule has 0 atom stereocenters. The van der Waals surface area contributed by atoms with Crippen LogP contribution in [0.3, 0.4) is 0 Å². The molecule has 0 amide bonds. The molecule has 5 heteroatoms. The smallest absolute Gasteiger partial charge is 0.193 e. The molecular weight excluding hydrogens is 486 g/mol. The number of carbonyl (C=O) groups excluding carboxylic acids is 1. The monoisotopic (exact) mass is 507 g/mol. The van der Waals surface area contributed by atoms with E-state index in [4.69, 9.17) is 16.3 Å². The van der Waals surface area contributed by atoms with Crippen LogP contribution in [0.4, 0.5) is 0 Å². The number of carbonyl (C=O) groups is 1. The highest BCUT2D eigenvalue weighted by Crippen LogP contribution is 2.18. The van der Waals surface area contributed by atoms with E-state index in [1.54, 1.807) is 36.4 Å². The first-order valence-corrected chi connectivity index (χ1v) is 10.6. The van der Waals surface area contributed by atoms with Crippen molar-refractivity contribution in [1.29, 1.82) is 0 Å². The summed E-state index contributed by atoms with van der Waals surface area (Å²) in [6, 6.07) is 28.8. The number of aromatic nitrogens is 1. The highest BCUT2D eigenvalue weighted by molar-refractivity contribution is 6.30. The van der Waals surface area contributed by atoms with Gasteiger partial charge in [-0.2, -0.15) is 0 Å². The molecule has 0 saturated heterocycles. The second-order valence-electron chi connectivity index (χ2n) is 7.25. The van der Waals surface area contributed by atoms with E-state index in [0.29, 0.717) is 22.8 Å². The predicted molar refractivity (Wildman–Crippen MR) is 124 cm³/mol. The summed E-state index contributed by atoms with van der Waals surface area (Å²) in [5, 5.41) is 0.616. The lowest BCUT2D eigenvalue weighted by molar-refractivity contribution is -0.697. The number of rotatable bonds is 8. The van der Waals surface area contributed by atoms with Gasteiger partial charge < -0.3 is 21.7 Å². The lowest BCUT2D eigenvalue weighted by atomic mass is 10.0. The van der Waals surface area contributed by atoms with Gasteiger partial charge in [-0.3, -0.25) is 4.79 Å². The number of ether oxygens (including phenoxy) is 1. The maximum Gasteiger partial charge on any atom is 0.193 e. The Bertz CT molecular complexity index is 1130. The van der Waals surface area contributed by atoms with Crippen molar-refractivity contribution in [3.05, 3.63) is 120 Å². The van der Waals surface area contributed by atoms with E-state index >= 15 is 0 Å². The molecule has 1 heterocycles. The van der Waals surface area contributed by atoms with Gasteiger partial charge in [0.1, 0.15) is 5.75 Å². The van der Waals surface area contributed by atoms with Gasteiger partial charge in [0.2, 0.25) is 0 Å². The van der Waals surface area contributed by atoms with Crippen LogP contribution in [0.15, 0.2) is 103 Å². The van der Waals surface area contributed by atoms with E-state index in [0.717, 1.165) is 18.7 Å². The Balaban J connectivity index is 0.00000289. The van der Waals surface area contributed by atoms with Crippen LogP contribution in [0.1, 0.15) is 22.3 Å². The molecule has 4 rings (SSSR count). The number of benzene rings is 3. The minimum Gasteiger partial charge on any atom is -1.00 e. The molecule has 0 saturated carbocycles. The largest absolute Gasteiger partial charge is 1.00 e. The number of nitrogens with zero attached hydrogens (tertiary/aromatic N) is 1. The van der Waals surface area contributed by atoms with Gasteiger partial charge in [0.05, 0.1) is 6.61 Å². The molecule has 0 radical (unpaired) electrons. The summed E-state index contributed by atoms with van der Waals surface area (Å²) in [5.41, 5.74) is 3.68. The molecule has 0 bridgehead atoms. The molecule has 0 unspecified atom stereocenters. The van der Waals surface area contributed by atoms with E-state index in [1.165, 1.54) is 11.1 Å². The first-order valence-electron chi connectivity index (χ1n) is 10.3. The van der Waals surface area contributed by atoms with Crippen molar-refractivity contribution < 1.29 is 31.1 Å². The van der Waals surface area contributed by atoms with Crippen LogP contribution >= 0.6 is 11.6 Å². The van der Waals surface area contributed by atoms with E-state index in [-0.39, 0.29) is 22.8 Å². The van der Waals surface area contributed by atoms with Crippen molar-refractivity contribution in [1.82, 2.24) is 0 Å². The molecule has 4 aromatic rings. The molecule has 0 aliphatic carbocycles. The van der Waals surface area contributed by atoms with Crippen molar-refractivity contribution in [2.45, 2.75) is 13.0 Å². The minimum absolute atomic E-state index is 0. The van der Waals surface area contributed by atoms with Gasteiger partial charge in [-0.1, -0.05) is 41.9 Å². The average Bonchev–Trinajstić information content (AvgIpc) is 2.83. The second kappa shape index (κ2) is 11.6. The van der Waals surface area contributed by atoms with Gasteiger partial charge in [-0.25, -0.2) is 4.57 Å². The summed E-state index contributed by atoms with van der Waals surface area (Å²) in [7, 11) is 0. The van der Waals surface area contributed by atoms with Crippen molar-refractivity contribution in [3.8, 4) is 16.9 Å². The number of hydrogen-bond acceptors (Lipinski definition) is 2. The fraction of sp³-hybridized carbons (Fsp3) is 0.111. The topological polar surface area (TPSA) is 30.2 Å². The summed E-state index contributed by atoms with van der Waals surface area (Å²) in [4.78, 5) is 12.5. The summed E-state index contributed by atoms with van der Waals surface area (Å²) in [6.45, 7) is 1.49. The van der Waals surface area contributed by atoms with Gasteiger partial charge in [-0.15, -0.1) is 0 Å². The summed E-state index contributed by atoms with van der Waals surface area (Å²) in [5.74, 6) is 0.732. The molecule has 0 spiro atoms. The van der Waals surface area contributed by atoms with Crippen LogP contribution in [-0.4, -0.2) is 12.4 Å². The Kier molecular flexibility index (Phi) is 8.60. The third-order valence-electron chi connectivity index (χ3n) is 5.05. The van der Waals surface area contributed by atoms with Crippen LogP contribution < -0.4 is 26.3 Å². The quantitative estimate of drug-likeness (QED) is 0.208. The summed E-state index contributed by atoms with van der Waals surface area (Å²) in [6.07, 6.45) is 5.08. The Labute approximate surface area is 204 Å². The molecule has 0 fully saturated rings. The van der Waals surface area contributed by atoms with Crippen LogP contribution in [0.5, 0.6) is 5.75 Å². The van der Waals surface area contributed by atoms with Gasteiger partial charge >= 0.3 is 0 Å². The molecule has 1 aromatic heterocycles. The fourth-order valence-electron chi connectivity index (χ4n) is 3.34. The normalized spacial score (nSPS) is 10.3. The van der Waals surface area contributed by atoms with Crippen molar-refractivity contribution >= 4 is 17.4 Å². The molecule has 3 nitrogen and oxygen atoms in total. The Morgan fingerprint density at radius 1 is 0.750 bits per heavy atom. The first kappa shape index (κ1) is 23.7. The third kappa shape index (κ3) is 6.28. The average molecular weight is 509 g/mol. The van der Waals surface area contributed by atoms with E-state index < -0.39 is 0 Å². The number of hydrogen-bond donors (Lipinski definition) is 0. The first-order chi connectivity index (χ1) is 15.2. The molecular formula is C27H23BrClNO2. The molecule has 0 aliphatic rings.